The second-order valence-electron chi connectivity index (χ2n) is 24.7. The monoisotopic (exact) mass is 865 g/mol. The molecule has 3 aliphatic rings. The van der Waals surface area contributed by atoms with Crippen LogP contribution in [-0.2, 0) is 34.5 Å². The molecule has 0 aromatic heterocycles. The number of fused-ring (bicyclic) bond motifs is 5. The third-order valence-electron chi connectivity index (χ3n) is 14.8. The quantitative estimate of drug-likeness (QED) is 0.163. The number of hydrogen-bond donors (Lipinski definition) is 0. The fraction of sp³-hybridized carbons (Fsp3) is 0.333. The fourth-order valence-electron chi connectivity index (χ4n) is 11.2. The number of nitrogens with zero attached hydrogens (tertiary/aromatic N) is 2. The van der Waals surface area contributed by atoms with Crippen LogP contribution in [0, 0.1) is 5.41 Å². The maximum Gasteiger partial charge on any atom is 0.252 e. The molecule has 0 amide bonds. The van der Waals surface area contributed by atoms with E-state index in [-0.39, 0.29) is 33.8 Å². The van der Waals surface area contributed by atoms with Crippen molar-refractivity contribution in [3.63, 3.8) is 0 Å². The lowest BCUT2D eigenvalue weighted by atomic mass is 9.33. The summed E-state index contributed by atoms with van der Waals surface area (Å²) < 4.78 is 0. The molecule has 0 saturated carbocycles. The SMILES string of the molecule is CC1(C)Cc2cc3c(cc2C1)N(c1cc(-c2ccccc2)c(C(C)(C)C)cc1-c1ccccc1)c1cc(C(C)(C)C)cc2c1B3c1ccc(C(C)(C)C)cc1N2c1cccc(C(C)(C)C)c1. The number of benzene rings is 7. The highest BCUT2D eigenvalue weighted by molar-refractivity contribution is 7.00. The highest BCUT2D eigenvalue weighted by atomic mass is 15.2. The lowest BCUT2D eigenvalue weighted by molar-refractivity contribution is 0.392. The van der Waals surface area contributed by atoms with Crippen molar-refractivity contribution >= 4 is 57.2 Å². The molecule has 0 radical (unpaired) electrons. The van der Waals surface area contributed by atoms with E-state index in [1.807, 2.05) is 0 Å². The average Bonchev–Trinajstić information content (AvgIpc) is 3.56. The molecular weight excluding hydrogens is 796 g/mol. The summed E-state index contributed by atoms with van der Waals surface area (Å²) >= 11 is 0. The summed E-state index contributed by atoms with van der Waals surface area (Å²) in [5.74, 6) is 0. The first-order chi connectivity index (χ1) is 31.0. The molecule has 0 N–H and O–H groups in total. The Labute approximate surface area is 397 Å². The van der Waals surface area contributed by atoms with Crippen molar-refractivity contribution in [2.24, 2.45) is 5.41 Å². The predicted molar refractivity (Wildman–Crippen MR) is 287 cm³/mol. The van der Waals surface area contributed by atoms with Crippen LogP contribution in [0.25, 0.3) is 22.3 Å². The summed E-state index contributed by atoms with van der Waals surface area (Å²) in [5.41, 5.74) is 25.0. The van der Waals surface area contributed by atoms with Crippen molar-refractivity contribution in [2.75, 3.05) is 9.80 Å². The molecule has 1 aliphatic carbocycles. The van der Waals surface area contributed by atoms with Crippen molar-refractivity contribution in [1.29, 1.82) is 0 Å². The Morgan fingerprint density at radius 3 is 1.53 bits per heavy atom. The molecule has 334 valence electrons. The van der Waals surface area contributed by atoms with Crippen LogP contribution in [0.3, 0.4) is 0 Å². The number of hydrogen-bond acceptors (Lipinski definition) is 2. The topological polar surface area (TPSA) is 6.48 Å². The van der Waals surface area contributed by atoms with Gasteiger partial charge in [-0.15, -0.1) is 0 Å². The molecule has 66 heavy (non-hydrogen) atoms. The van der Waals surface area contributed by atoms with Gasteiger partial charge in [-0.3, -0.25) is 0 Å². The van der Waals surface area contributed by atoms with Gasteiger partial charge in [0.15, 0.2) is 0 Å². The highest BCUT2D eigenvalue weighted by Gasteiger charge is 2.46. The molecule has 2 nitrogen and oxygen atoms in total. The first kappa shape index (κ1) is 44.1. The zero-order chi connectivity index (χ0) is 46.9. The van der Waals surface area contributed by atoms with Crippen LogP contribution in [-0.4, -0.2) is 6.71 Å². The molecule has 0 bridgehead atoms. The van der Waals surface area contributed by atoms with E-state index in [9.17, 15) is 0 Å². The number of anilines is 6. The van der Waals surface area contributed by atoms with Crippen molar-refractivity contribution in [3.05, 3.63) is 173 Å². The normalized spacial score (nSPS) is 15.3. The van der Waals surface area contributed by atoms with Gasteiger partial charge in [0.05, 0.1) is 5.69 Å². The predicted octanol–water partition coefficient (Wildman–Crippen LogP) is 15.4. The molecule has 10 rings (SSSR count). The zero-order valence-electron chi connectivity index (χ0n) is 42.2. The third kappa shape index (κ3) is 7.51. The van der Waals surface area contributed by atoms with E-state index in [0.29, 0.717) is 0 Å². The summed E-state index contributed by atoms with van der Waals surface area (Å²) in [5, 5.41) is 0. The maximum atomic E-state index is 2.71. The molecule has 3 heteroatoms. The molecule has 7 aromatic rings. The molecule has 0 spiro atoms. The minimum atomic E-state index is -0.130. The molecule has 0 unspecified atom stereocenters. The van der Waals surface area contributed by atoms with E-state index < -0.39 is 0 Å². The fourth-order valence-corrected chi connectivity index (χ4v) is 11.2. The van der Waals surface area contributed by atoms with Gasteiger partial charge < -0.3 is 9.80 Å². The summed E-state index contributed by atoms with van der Waals surface area (Å²) in [6, 6.07) is 54.5. The lowest BCUT2D eigenvalue weighted by Crippen LogP contribution is -2.61. The minimum absolute atomic E-state index is 0.00941. The molecule has 2 aliphatic heterocycles. The van der Waals surface area contributed by atoms with Gasteiger partial charge in [-0.05, 0) is 155 Å². The van der Waals surface area contributed by atoms with Crippen molar-refractivity contribution in [3.8, 4) is 22.3 Å². The van der Waals surface area contributed by atoms with Crippen LogP contribution in [0.1, 0.15) is 130 Å². The largest absolute Gasteiger partial charge is 0.311 e. The lowest BCUT2D eigenvalue weighted by Gasteiger charge is -2.46. The Morgan fingerprint density at radius 1 is 0.409 bits per heavy atom. The van der Waals surface area contributed by atoms with Crippen molar-refractivity contribution in [2.45, 2.75) is 131 Å². The zero-order valence-corrected chi connectivity index (χ0v) is 42.2. The standard InChI is InChI=1S/C63H69BN2/c1-59(2,3)44-26-21-27-47(32-44)65-55-33-45(60(4,5)6)28-29-51(55)64-52-30-42-38-63(13,14)39-43(42)31-54(52)66(57-35-46(61(7,8)9)34-56(65)58(57)64)53-37-48(40-22-17-15-18-23-40)50(62(10,11)12)36-49(53)41-24-19-16-20-25-41/h15-37H,38-39H2,1-14H3. The van der Waals surface area contributed by atoms with E-state index in [2.05, 4.69) is 246 Å². The summed E-state index contributed by atoms with van der Waals surface area (Å²) in [6.07, 6.45) is 2.15. The first-order valence-electron chi connectivity index (χ1n) is 24.5. The van der Waals surface area contributed by atoms with Gasteiger partial charge in [-0.2, -0.15) is 0 Å². The van der Waals surface area contributed by atoms with Gasteiger partial charge in [0, 0.05) is 34.0 Å². The first-order valence-corrected chi connectivity index (χ1v) is 24.5. The van der Waals surface area contributed by atoms with Gasteiger partial charge in [-0.1, -0.05) is 188 Å². The van der Waals surface area contributed by atoms with Gasteiger partial charge in [-0.25, -0.2) is 0 Å². The van der Waals surface area contributed by atoms with Crippen molar-refractivity contribution < 1.29 is 0 Å². The van der Waals surface area contributed by atoms with Gasteiger partial charge in [0.1, 0.15) is 0 Å². The second-order valence-corrected chi connectivity index (χ2v) is 24.7. The summed E-state index contributed by atoms with van der Waals surface area (Å²) in [4.78, 5) is 5.35. The van der Waals surface area contributed by atoms with E-state index in [4.69, 9.17) is 0 Å². The van der Waals surface area contributed by atoms with E-state index in [1.54, 1.807) is 0 Å². The maximum absolute atomic E-state index is 2.71. The Morgan fingerprint density at radius 2 is 0.939 bits per heavy atom. The molecule has 7 aromatic carbocycles. The third-order valence-corrected chi connectivity index (χ3v) is 14.8. The van der Waals surface area contributed by atoms with Crippen LogP contribution < -0.4 is 26.2 Å². The van der Waals surface area contributed by atoms with Crippen LogP contribution in [0.2, 0.25) is 0 Å². The molecular formula is C63H69BN2. The van der Waals surface area contributed by atoms with E-state index in [0.717, 1.165) is 12.8 Å². The smallest absolute Gasteiger partial charge is 0.252 e. The van der Waals surface area contributed by atoms with Gasteiger partial charge >= 0.3 is 0 Å². The van der Waals surface area contributed by atoms with Crippen LogP contribution >= 0.6 is 0 Å². The van der Waals surface area contributed by atoms with Gasteiger partial charge in [0.2, 0.25) is 0 Å². The Balaban J connectivity index is 1.38. The van der Waals surface area contributed by atoms with Crippen LogP contribution in [0.15, 0.2) is 140 Å². The second kappa shape index (κ2) is 15.1. The Bertz CT molecular complexity index is 3040. The summed E-state index contributed by atoms with van der Waals surface area (Å²) in [6.45, 7) is 33.2. The minimum Gasteiger partial charge on any atom is -0.311 e. The molecule has 0 fully saturated rings. The average molecular weight is 865 g/mol. The molecule has 0 saturated heterocycles. The Hall–Kier alpha value is -5.80. The van der Waals surface area contributed by atoms with Crippen LogP contribution in [0.4, 0.5) is 34.1 Å². The number of rotatable bonds is 4. The molecule has 2 heterocycles. The van der Waals surface area contributed by atoms with E-state index in [1.165, 1.54) is 106 Å². The highest BCUT2D eigenvalue weighted by Crippen LogP contribution is 2.52. The van der Waals surface area contributed by atoms with Gasteiger partial charge in [0.25, 0.3) is 6.71 Å². The van der Waals surface area contributed by atoms with Crippen molar-refractivity contribution in [1.82, 2.24) is 0 Å². The van der Waals surface area contributed by atoms with Crippen LogP contribution in [0.5, 0.6) is 0 Å². The van der Waals surface area contributed by atoms with E-state index >= 15 is 0 Å². The summed E-state index contributed by atoms with van der Waals surface area (Å²) in [7, 11) is 0. The molecule has 0 atom stereocenters. The Kier molecular flexibility index (Phi) is 10.1.